The van der Waals surface area contributed by atoms with Crippen molar-refractivity contribution in [3.8, 4) is 5.75 Å². The molecule has 0 heterocycles. The largest absolute Gasteiger partial charge is 0.494 e. The Morgan fingerprint density at radius 3 is 2.22 bits per heavy atom. The van der Waals surface area contributed by atoms with Crippen molar-refractivity contribution in [3.63, 3.8) is 0 Å². The van der Waals surface area contributed by atoms with E-state index in [0.29, 0.717) is 17.9 Å². The summed E-state index contributed by atoms with van der Waals surface area (Å²) in [6.07, 6.45) is 0. The molecule has 0 bridgehead atoms. The molecule has 0 saturated heterocycles. The third-order valence-corrected chi connectivity index (χ3v) is 5.46. The smallest absolute Gasteiger partial charge is 0.241 e. The second-order valence-electron chi connectivity index (χ2n) is 6.03. The van der Waals surface area contributed by atoms with Crippen molar-refractivity contribution in [1.82, 2.24) is 10.0 Å². The number of benzene rings is 2. The topological polar surface area (TPSA) is 84.5 Å². The number of sulfonamides is 1. The molecule has 6 nitrogen and oxygen atoms in total. The molecule has 1 amide bonds. The van der Waals surface area contributed by atoms with E-state index in [1.807, 2.05) is 6.92 Å². The molecule has 8 heteroatoms. The van der Waals surface area contributed by atoms with Crippen LogP contribution in [-0.4, -0.2) is 27.0 Å². The van der Waals surface area contributed by atoms with Gasteiger partial charge < -0.3 is 10.1 Å². The highest BCUT2D eigenvalue weighted by Crippen LogP contribution is 2.17. The lowest BCUT2D eigenvalue weighted by Crippen LogP contribution is -2.45. The summed E-state index contributed by atoms with van der Waals surface area (Å²) >= 11 is 0. The number of hydrogen-bond acceptors (Lipinski definition) is 4. The fraction of sp³-hybridized carbons (Fsp3) is 0.316. The fourth-order valence-corrected chi connectivity index (χ4v) is 3.61. The summed E-state index contributed by atoms with van der Waals surface area (Å²) in [6, 6.07) is 10.3. The third kappa shape index (κ3) is 5.77. The molecule has 0 aromatic heterocycles. The number of ether oxygens (including phenoxy) is 1. The quantitative estimate of drug-likeness (QED) is 0.721. The zero-order valence-corrected chi connectivity index (χ0v) is 16.2. The maximum atomic E-state index is 13.0. The zero-order valence-electron chi connectivity index (χ0n) is 15.4. The lowest BCUT2D eigenvalue weighted by atomic mass is 10.1. The lowest BCUT2D eigenvalue weighted by Gasteiger charge is -2.19. The first-order valence-corrected chi connectivity index (χ1v) is 10.0. The highest BCUT2D eigenvalue weighted by Gasteiger charge is 2.23. The number of nitrogens with one attached hydrogen (secondary N) is 2. The van der Waals surface area contributed by atoms with E-state index in [9.17, 15) is 17.6 Å². The van der Waals surface area contributed by atoms with Crippen molar-refractivity contribution in [1.29, 1.82) is 0 Å². The number of amides is 1. The van der Waals surface area contributed by atoms with Crippen LogP contribution in [0.25, 0.3) is 0 Å². The Balaban J connectivity index is 2.00. The Morgan fingerprint density at radius 2 is 1.67 bits per heavy atom. The average Bonchev–Trinajstić information content (AvgIpc) is 2.62. The van der Waals surface area contributed by atoms with Gasteiger partial charge in [-0.15, -0.1) is 0 Å². The van der Waals surface area contributed by atoms with E-state index < -0.39 is 28.0 Å². The first-order chi connectivity index (χ1) is 12.7. The fourth-order valence-electron chi connectivity index (χ4n) is 2.41. The summed E-state index contributed by atoms with van der Waals surface area (Å²) in [5.41, 5.74) is 0.714. The summed E-state index contributed by atoms with van der Waals surface area (Å²) in [5, 5.41) is 2.71. The van der Waals surface area contributed by atoms with Crippen LogP contribution in [0.2, 0.25) is 0 Å². The second-order valence-corrected chi connectivity index (χ2v) is 7.74. The summed E-state index contributed by atoms with van der Waals surface area (Å²) in [5.74, 6) is -0.287. The van der Waals surface area contributed by atoms with E-state index in [0.717, 1.165) is 0 Å². The Bertz CT molecular complexity index is 868. The van der Waals surface area contributed by atoms with Crippen LogP contribution in [0.4, 0.5) is 4.39 Å². The van der Waals surface area contributed by atoms with Crippen molar-refractivity contribution in [2.45, 2.75) is 37.8 Å². The van der Waals surface area contributed by atoms with Crippen LogP contribution in [0.5, 0.6) is 5.75 Å². The van der Waals surface area contributed by atoms with Crippen LogP contribution in [-0.2, 0) is 14.8 Å². The molecule has 0 aliphatic rings. The van der Waals surface area contributed by atoms with Gasteiger partial charge in [0, 0.05) is 0 Å². The predicted octanol–water partition coefficient (Wildman–Crippen LogP) is 2.77. The Morgan fingerprint density at radius 1 is 1.07 bits per heavy atom. The molecule has 146 valence electrons. The van der Waals surface area contributed by atoms with Crippen LogP contribution in [0.1, 0.15) is 32.4 Å². The maximum Gasteiger partial charge on any atom is 0.241 e. The van der Waals surface area contributed by atoms with Crippen molar-refractivity contribution in [2.75, 3.05) is 6.61 Å². The van der Waals surface area contributed by atoms with Crippen molar-refractivity contribution >= 4 is 15.9 Å². The van der Waals surface area contributed by atoms with Crippen LogP contribution in [0.3, 0.4) is 0 Å². The molecule has 2 N–H and O–H groups in total. The lowest BCUT2D eigenvalue weighted by molar-refractivity contribution is -0.123. The molecule has 0 aliphatic heterocycles. The average molecular weight is 394 g/mol. The van der Waals surface area contributed by atoms with E-state index in [2.05, 4.69) is 10.0 Å². The Hall–Kier alpha value is -2.45. The van der Waals surface area contributed by atoms with E-state index in [-0.39, 0.29) is 10.7 Å². The number of hydrogen-bond donors (Lipinski definition) is 2. The molecule has 27 heavy (non-hydrogen) atoms. The SMILES string of the molecule is CCOc1ccc(S(=O)(=O)N[C@@H](C)C(=O)N[C@H](C)c2ccc(F)cc2)cc1. The molecule has 0 radical (unpaired) electrons. The number of rotatable bonds is 8. The van der Waals surface area contributed by atoms with Crippen molar-refractivity contribution in [3.05, 3.63) is 59.9 Å². The van der Waals surface area contributed by atoms with E-state index in [1.165, 1.54) is 31.2 Å². The maximum absolute atomic E-state index is 13.0. The van der Waals surface area contributed by atoms with E-state index in [4.69, 9.17) is 4.74 Å². The van der Waals surface area contributed by atoms with Gasteiger partial charge in [-0.05, 0) is 62.7 Å². The summed E-state index contributed by atoms with van der Waals surface area (Å²) in [4.78, 5) is 12.3. The minimum Gasteiger partial charge on any atom is -0.494 e. The zero-order chi connectivity index (χ0) is 20.0. The highest BCUT2D eigenvalue weighted by atomic mass is 32.2. The number of carbonyl (C=O) groups is 1. The standard InChI is InChI=1S/C19H23FN2O4S/c1-4-26-17-9-11-18(12-10-17)27(24,25)22-14(3)19(23)21-13(2)15-5-7-16(20)8-6-15/h5-14,22H,4H2,1-3H3,(H,21,23)/t13-,14+/m1/s1. The molecule has 0 saturated carbocycles. The Labute approximate surface area is 158 Å². The van der Waals surface area contributed by atoms with Crippen LogP contribution < -0.4 is 14.8 Å². The van der Waals surface area contributed by atoms with Crippen molar-refractivity contribution < 1.29 is 22.3 Å². The van der Waals surface area contributed by atoms with Gasteiger partial charge in [0.05, 0.1) is 23.6 Å². The third-order valence-electron chi connectivity index (χ3n) is 3.90. The highest BCUT2D eigenvalue weighted by molar-refractivity contribution is 7.89. The van der Waals surface area contributed by atoms with E-state index >= 15 is 0 Å². The van der Waals surface area contributed by atoms with Gasteiger partial charge >= 0.3 is 0 Å². The predicted molar refractivity (Wildman–Crippen MR) is 100 cm³/mol. The minimum absolute atomic E-state index is 0.0391. The molecule has 0 aliphatic carbocycles. The molecule has 0 spiro atoms. The molecule has 0 fully saturated rings. The molecule has 2 atom stereocenters. The summed E-state index contributed by atoms with van der Waals surface area (Å²) in [7, 11) is -3.86. The molecule has 2 aromatic rings. The minimum atomic E-state index is -3.86. The first kappa shape index (κ1) is 20.9. The van der Waals surface area contributed by atoms with Gasteiger partial charge in [0.15, 0.2) is 0 Å². The molecular weight excluding hydrogens is 371 g/mol. The Kier molecular flexibility index (Phi) is 6.92. The van der Waals surface area contributed by atoms with Gasteiger partial charge in [-0.2, -0.15) is 4.72 Å². The summed E-state index contributed by atoms with van der Waals surface area (Å²) < 4.78 is 45.5. The molecule has 2 rings (SSSR count). The van der Waals surface area contributed by atoms with Crippen LogP contribution >= 0.6 is 0 Å². The van der Waals surface area contributed by atoms with Crippen LogP contribution in [0, 0.1) is 5.82 Å². The monoisotopic (exact) mass is 394 g/mol. The van der Waals surface area contributed by atoms with E-state index in [1.54, 1.807) is 31.2 Å². The normalized spacial score (nSPS) is 13.6. The van der Waals surface area contributed by atoms with Gasteiger partial charge in [-0.3, -0.25) is 4.79 Å². The number of halogens is 1. The first-order valence-electron chi connectivity index (χ1n) is 8.54. The number of carbonyl (C=O) groups excluding carboxylic acids is 1. The van der Waals surface area contributed by atoms with Gasteiger partial charge in [0.1, 0.15) is 11.6 Å². The molecular formula is C19H23FN2O4S. The van der Waals surface area contributed by atoms with Crippen molar-refractivity contribution in [2.24, 2.45) is 0 Å². The summed E-state index contributed by atoms with van der Waals surface area (Å²) in [6.45, 7) is 5.50. The van der Waals surface area contributed by atoms with Gasteiger partial charge in [0.2, 0.25) is 15.9 Å². The van der Waals surface area contributed by atoms with Gasteiger partial charge in [0.25, 0.3) is 0 Å². The molecule has 2 aromatic carbocycles. The second kappa shape index (κ2) is 8.96. The van der Waals surface area contributed by atoms with Gasteiger partial charge in [-0.1, -0.05) is 12.1 Å². The molecule has 0 unspecified atom stereocenters. The van der Waals surface area contributed by atoms with Gasteiger partial charge in [-0.25, -0.2) is 12.8 Å². The van der Waals surface area contributed by atoms with Crippen LogP contribution in [0.15, 0.2) is 53.4 Å².